The number of alkyl halides is 2. The minimum absolute atomic E-state index is 0.149. The van der Waals surface area contributed by atoms with Gasteiger partial charge in [-0.2, -0.15) is 0 Å². The second-order valence-electron chi connectivity index (χ2n) is 7.14. The lowest BCUT2D eigenvalue weighted by Gasteiger charge is -2.11. The molecule has 0 spiro atoms. The minimum atomic E-state index is -3.05. The van der Waals surface area contributed by atoms with E-state index in [2.05, 4.69) is 30.9 Å². The van der Waals surface area contributed by atoms with Crippen LogP contribution in [-0.4, -0.2) is 43.2 Å². The lowest BCUT2D eigenvalue weighted by molar-refractivity contribution is 0.119. The molecule has 1 aromatic carbocycles. The predicted molar refractivity (Wildman–Crippen MR) is 103 cm³/mol. The molecule has 1 saturated heterocycles. The molecule has 1 aliphatic heterocycles. The summed E-state index contributed by atoms with van der Waals surface area (Å²) in [5.41, 5.74) is 1.67. The third-order valence-corrected chi connectivity index (χ3v) is 4.67. The molecular weight excluding hydrogens is 415 g/mol. The number of hydrogen-bond donors (Lipinski definition) is 2. The molecule has 2 atom stereocenters. The summed E-state index contributed by atoms with van der Waals surface area (Å²) in [7, 11) is 0. The van der Waals surface area contributed by atoms with Gasteiger partial charge in [-0.15, -0.1) is 5.10 Å². The van der Waals surface area contributed by atoms with E-state index in [-0.39, 0.29) is 18.1 Å². The molecule has 4 rings (SSSR count). The van der Waals surface area contributed by atoms with Gasteiger partial charge in [-0.25, -0.2) is 32.6 Å². The standard InChI is InChI=1S/C19H18F3N7O2/c1-9-3-11(14-7-29(28-27-14)8-15-10(2)24-19(30)31-15)5-12(4-9)25-18-23-6-13(20)16(26-18)17(21)22/h3-7,10,15,17H,8H2,1-2H3,(H,24,30)(H,23,25,26)/t10-,15+/m0/s1. The Hall–Kier alpha value is -3.70. The van der Waals surface area contributed by atoms with Crippen molar-refractivity contribution < 1.29 is 22.7 Å². The number of nitrogens with one attached hydrogen (secondary N) is 2. The zero-order chi connectivity index (χ0) is 22.1. The maximum Gasteiger partial charge on any atom is 0.407 e. The minimum Gasteiger partial charge on any atom is -0.442 e. The number of rotatable bonds is 6. The van der Waals surface area contributed by atoms with Crippen LogP contribution in [-0.2, 0) is 11.3 Å². The molecule has 162 valence electrons. The number of anilines is 2. The highest BCUT2D eigenvalue weighted by Gasteiger charge is 2.31. The second-order valence-corrected chi connectivity index (χ2v) is 7.14. The van der Waals surface area contributed by atoms with Crippen molar-refractivity contribution in [2.24, 2.45) is 0 Å². The molecule has 3 heterocycles. The van der Waals surface area contributed by atoms with Crippen molar-refractivity contribution in [1.82, 2.24) is 30.3 Å². The maximum atomic E-state index is 13.4. The number of carbonyl (C=O) groups is 1. The molecule has 0 unspecified atom stereocenters. The SMILES string of the molecule is Cc1cc(Nc2ncc(F)c(C(F)F)n2)cc(-c2cn(C[C@H]3OC(=O)N[C@H]3C)nn2)c1. The fraction of sp³-hybridized carbons (Fsp3) is 0.316. The van der Waals surface area contributed by atoms with Crippen molar-refractivity contribution in [2.45, 2.75) is 39.0 Å². The van der Waals surface area contributed by atoms with Crippen molar-refractivity contribution >= 4 is 17.7 Å². The summed E-state index contributed by atoms with van der Waals surface area (Å²) in [5.74, 6) is -1.32. The molecule has 31 heavy (non-hydrogen) atoms. The number of halogens is 3. The van der Waals surface area contributed by atoms with Crippen molar-refractivity contribution in [3.05, 3.63) is 47.7 Å². The Morgan fingerprint density at radius 2 is 2.13 bits per heavy atom. The third-order valence-electron chi connectivity index (χ3n) is 4.67. The van der Waals surface area contributed by atoms with E-state index in [1.807, 2.05) is 19.9 Å². The molecule has 0 saturated carbocycles. The van der Waals surface area contributed by atoms with Crippen LogP contribution in [0.15, 0.2) is 30.6 Å². The van der Waals surface area contributed by atoms with Gasteiger partial charge >= 0.3 is 6.09 Å². The molecule has 1 fully saturated rings. The monoisotopic (exact) mass is 433 g/mol. The molecule has 0 bridgehead atoms. The number of hydrogen-bond acceptors (Lipinski definition) is 7. The molecule has 9 nitrogen and oxygen atoms in total. The van der Waals surface area contributed by atoms with Crippen LogP contribution in [0.25, 0.3) is 11.3 Å². The number of benzene rings is 1. The van der Waals surface area contributed by atoms with Crippen LogP contribution >= 0.6 is 0 Å². The smallest absolute Gasteiger partial charge is 0.407 e. The zero-order valence-electron chi connectivity index (χ0n) is 16.5. The molecule has 12 heteroatoms. The number of alkyl carbamates (subject to hydrolysis) is 1. The number of nitrogens with zero attached hydrogens (tertiary/aromatic N) is 5. The number of aryl methyl sites for hydroxylation is 1. The molecule has 1 amide bonds. The summed E-state index contributed by atoms with van der Waals surface area (Å²) < 4.78 is 45.9. The maximum absolute atomic E-state index is 13.4. The average molecular weight is 433 g/mol. The van der Waals surface area contributed by atoms with Gasteiger partial charge in [0.2, 0.25) is 5.95 Å². The molecule has 2 N–H and O–H groups in total. The van der Waals surface area contributed by atoms with Crippen LogP contribution in [0.3, 0.4) is 0 Å². The zero-order valence-corrected chi connectivity index (χ0v) is 16.5. The van der Waals surface area contributed by atoms with E-state index in [0.717, 1.165) is 5.56 Å². The van der Waals surface area contributed by atoms with Crippen molar-refractivity contribution in [2.75, 3.05) is 5.32 Å². The van der Waals surface area contributed by atoms with Crippen LogP contribution in [0.5, 0.6) is 0 Å². The quantitative estimate of drug-likeness (QED) is 0.614. The van der Waals surface area contributed by atoms with Gasteiger partial charge in [0.05, 0.1) is 25.0 Å². The van der Waals surface area contributed by atoms with E-state index in [1.165, 1.54) is 0 Å². The van der Waals surface area contributed by atoms with E-state index < -0.39 is 24.0 Å². The van der Waals surface area contributed by atoms with Gasteiger partial charge in [-0.3, -0.25) is 0 Å². The van der Waals surface area contributed by atoms with Crippen LogP contribution in [0, 0.1) is 12.7 Å². The Labute approximate surface area is 174 Å². The van der Waals surface area contributed by atoms with Crippen molar-refractivity contribution in [1.29, 1.82) is 0 Å². The largest absolute Gasteiger partial charge is 0.442 e. The lowest BCUT2D eigenvalue weighted by atomic mass is 10.1. The summed E-state index contributed by atoms with van der Waals surface area (Å²) in [6.45, 7) is 4.02. The summed E-state index contributed by atoms with van der Waals surface area (Å²) in [4.78, 5) is 18.6. The summed E-state index contributed by atoms with van der Waals surface area (Å²) in [6, 6.07) is 5.20. The lowest BCUT2D eigenvalue weighted by Crippen LogP contribution is -2.31. The first-order chi connectivity index (χ1) is 14.8. The van der Waals surface area contributed by atoms with Gasteiger partial charge in [0.1, 0.15) is 17.5 Å². The Balaban J connectivity index is 1.54. The normalized spacial score (nSPS) is 18.2. The van der Waals surface area contributed by atoms with Gasteiger partial charge in [-0.05, 0) is 37.6 Å². The van der Waals surface area contributed by atoms with E-state index in [4.69, 9.17) is 4.74 Å². The number of carbonyl (C=O) groups excluding carboxylic acids is 1. The topological polar surface area (TPSA) is 107 Å². The van der Waals surface area contributed by atoms with Crippen molar-refractivity contribution in [3.63, 3.8) is 0 Å². The average Bonchev–Trinajstić information content (AvgIpc) is 3.29. The first-order valence-corrected chi connectivity index (χ1v) is 9.35. The molecule has 2 aromatic heterocycles. The predicted octanol–water partition coefficient (Wildman–Crippen LogP) is 3.36. The van der Waals surface area contributed by atoms with E-state index in [9.17, 15) is 18.0 Å². The summed E-state index contributed by atoms with van der Waals surface area (Å²) >= 11 is 0. The number of aromatic nitrogens is 5. The molecular formula is C19H18F3N7O2. The fourth-order valence-corrected chi connectivity index (χ4v) is 3.18. The molecule has 3 aromatic rings. The summed E-state index contributed by atoms with van der Waals surface area (Å²) in [5, 5.41) is 13.7. The van der Waals surface area contributed by atoms with Crippen LogP contribution in [0.2, 0.25) is 0 Å². The molecule has 0 radical (unpaired) electrons. The number of cyclic esters (lactones) is 1. The van der Waals surface area contributed by atoms with E-state index in [0.29, 0.717) is 29.7 Å². The first kappa shape index (κ1) is 20.6. The highest BCUT2D eigenvalue weighted by molar-refractivity contribution is 5.70. The highest BCUT2D eigenvalue weighted by Crippen LogP contribution is 2.26. The van der Waals surface area contributed by atoms with E-state index in [1.54, 1.807) is 23.0 Å². The van der Waals surface area contributed by atoms with E-state index >= 15 is 0 Å². The Kier molecular flexibility index (Phi) is 5.44. The highest BCUT2D eigenvalue weighted by atomic mass is 19.3. The molecule has 0 aliphatic carbocycles. The Morgan fingerprint density at radius 3 is 2.84 bits per heavy atom. The fourth-order valence-electron chi connectivity index (χ4n) is 3.18. The number of ether oxygens (including phenoxy) is 1. The third kappa shape index (κ3) is 4.57. The van der Waals surface area contributed by atoms with Gasteiger partial charge in [0, 0.05) is 11.3 Å². The van der Waals surface area contributed by atoms with Crippen LogP contribution in [0.1, 0.15) is 24.6 Å². The van der Waals surface area contributed by atoms with Gasteiger partial charge < -0.3 is 15.4 Å². The Morgan fingerprint density at radius 1 is 1.32 bits per heavy atom. The Bertz CT molecular complexity index is 1120. The van der Waals surface area contributed by atoms with Gasteiger partial charge in [0.25, 0.3) is 6.43 Å². The van der Waals surface area contributed by atoms with Gasteiger partial charge in [0.15, 0.2) is 5.82 Å². The van der Waals surface area contributed by atoms with Crippen molar-refractivity contribution in [3.8, 4) is 11.3 Å². The second kappa shape index (κ2) is 8.20. The first-order valence-electron chi connectivity index (χ1n) is 9.35. The number of amides is 1. The van der Waals surface area contributed by atoms with Crippen LogP contribution in [0.4, 0.5) is 29.6 Å². The summed E-state index contributed by atoms with van der Waals surface area (Å²) in [6.07, 6.45) is -1.48. The van der Waals surface area contributed by atoms with Crippen LogP contribution < -0.4 is 10.6 Å². The van der Waals surface area contributed by atoms with Gasteiger partial charge in [-0.1, -0.05) is 5.21 Å². The molecule has 1 aliphatic rings.